The molecule has 0 aromatic carbocycles. The minimum Gasteiger partial charge on any atom is -0.350 e. The van der Waals surface area contributed by atoms with Crippen LogP contribution < -0.4 is 5.32 Å². The molecule has 4 nitrogen and oxygen atoms in total. The SMILES string of the molecule is O=C1NCCc2c(I)nn(C3CCCCCCC3)c21. The topological polar surface area (TPSA) is 46.9 Å². The molecule has 1 N–H and O–H groups in total. The van der Waals surface area contributed by atoms with Crippen LogP contribution in [0.15, 0.2) is 0 Å². The molecule has 2 heterocycles. The standard InChI is InChI=1S/C14H20IN3O/c15-13-11-8-9-16-14(19)12(11)18(17-13)10-6-4-2-1-3-5-7-10/h10H,1-9H2,(H,16,19). The molecular weight excluding hydrogens is 353 g/mol. The molecule has 1 aromatic heterocycles. The second-order valence-electron chi connectivity index (χ2n) is 5.57. The summed E-state index contributed by atoms with van der Waals surface area (Å²) in [6.45, 7) is 0.748. The van der Waals surface area contributed by atoms with Gasteiger partial charge in [-0.2, -0.15) is 5.10 Å². The number of nitrogens with zero attached hydrogens (tertiary/aromatic N) is 2. The Labute approximate surface area is 127 Å². The Balaban J connectivity index is 1.93. The van der Waals surface area contributed by atoms with E-state index in [0.29, 0.717) is 6.04 Å². The van der Waals surface area contributed by atoms with Crippen LogP contribution >= 0.6 is 22.6 Å². The molecular formula is C14H20IN3O. The van der Waals surface area contributed by atoms with Crippen LogP contribution in [0.4, 0.5) is 0 Å². The summed E-state index contributed by atoms with van der Waals surface area (Å²) in [5.74, 6) is 0.0683. The van der Waals surface area contributed by atoms with Gasteiger partial charge in [0.15, 0.2) is 0 Å². The summed E-state index contributed by atoms with van der Waals surface area (Å²) < 4.78 is 3.06. The van der Waals surface area contributed by atoms with Crippen molar-refractivity contribution in [1.82, 2.24) is 15.1 Å². The lowest BCUT2D eigenvalue weighted by molar-refractivity contribution is 0.0930. The first-order valence-corrected chi connectivity index (χ1v) is 8.40. The Morgan fingerprint density at radius 2 is 1.84 bits per heavy atom. The number of halogens is 1. The van der Waals surface area contributed by atoms with E-state index in [2.05, 4.69) is 33.0 Å². The third-order valence-corrected chi connectivity index (χ3v) is 5.12. The van der Waals surface area contributed by atoms with E-state index in [1.807, 2.05) is 4.68 Å². The van der Waals surface area contributed by atoms with Crippen LogP contribution in [0.25, 0.3) is 0 Å². The third-order valence-electron chi connectivity index (χ3n) is 4.26. The molecule has 1 aliphatic heterocycles. The Morgan fingerprint density at radius 1 is 1.16 bits per heavy atom. The fraction of sp³-hybridized carbons (Fsp3) is 0.714. The number of carbonyl (C=O) groups excluding carboxylic acids is 1. The molecule has 1 aromatic rings. The summed E-state index contributed by atoms with van der Waals surface area (Å²) in [4.78, 5) is 12.1. The second kappa shape index (κ2) is 5.81. The number of fused-ring (bicyclic) bond motifs is 1. The highest BCUT2D eigenvalue weighted by atomic mass is 127. The minimum absolute atomic E-state index is 0.0683. The molecule has 0 atom stereocenters. The van der Waals surface area contributed by atoms with Crippen molar-refractivity contribution in [2.24, 2.45) is 0 Å². The maximum absolute atomic E-state index is 12.1. The Morgan fingerprint density at radius 3 is 2.58 bits per heavy atom. The third kappa shape index (κ3) is 2.66. The zero-order valence-electron chi connectivity index (χ0n) is 11.1. The summed E-state index contributed by atoms with van der Waals surface area (Å²) in [5, 5.41) is 7.64. The molecule has 2 aliphatic rings. The van der Waals surface area contributed by atoms with Crippen LogP contribution in [0.3, 0.4) is 0 Å². The molecule has 0 spiro atoms. The molecule has 3 rings (SSSR count). The van der Waals surface area contributed by atoms with Crippen molar-refractivity contribution in [2.45, 2.75) is 57.4 Å². The molecule has 0 bridgehead atoms. The molecule has 1 fully saturated rings. The number of carbonyl (C=O) groups is 1. The fourth-order valence-electron chi connectivity index (χ4n) is 3.23. The number of hydrogen-bond acceptors (Lipinski definition) is 2. The summed E-state index contributed by atoms with van der Waals surface area (Å²) in [5.41, 5.74) is 1.99. The monoisotopic (exact) mass is 373 g/mol. The van der Waals surface area contributed by atoms with E-state index in [1.165, 1.54) is 32.1 Å². The predicted molar refractivity (Wildman–Crippen MR) is 82.3 cm³/mol. The number of amides is 1. The van der Waals surface area contributed by atoms with E-state index in [9.17, 15) is 4.79 Å². The number of aromatic nitrogens is 2. The van der Waals surface area contributed by atoms with Crippen LogP contribution in [-0.2, 0) is 6.42 Å². The normalized spacial score (nSPS) is 21.4. The van der Waals surface area contributed by atoms with Gasteiger partial charge in [0.1, 0.15) is 9.39 Å². The van der Waals surface area contributed by atoms with Crippen molar-refractivity contribution in [1.29, 1.82) is 0 Å². The summed E-state index contributed by atoms with van der Waals surface area (Å²) in [6, 6.07) is 0.418. The van der Waals surface area contributed by atoms with Gasteiger partial charge in [-0.05, 0) is 41.9 Å². The van der Waals surface area contributed by atoms with Gasteiger partial charge in [-0.3, -0.25) is 9.48 Å². The Bertz CT molecular complexity index is 475. The van der Waals surface area contributed by atoms with E-state index >= 15 is 0 Å². The summed E-state index contributed by atoms with van der Waals surface area (Å²) >= 11 is 2.28. The lowest BCUT2D eigenvalue weighted by Gasteiger charge is -2.23. The zero-order chi connectivity index (χ0) is 13.2. The summed E-state index contributed by atoms with van der Waals surface area (Å²) in [6.07, 6.45) is 9.78. The second-order valence-corrected chi connectivity index (χ2v) is 6.59. The lowest BCUT2D eigenvalue weighted by Crippen LogP contribution is -2.34. The van der Waals surface area contributed by atoms with Crippen molar-refractivity contribution in [3.8, 4) is 0 Å². The van der Waals surface area contributed by atoms with Crippen LogP contribution in [0.1, 0.15) is 67.0 Å². The molecule has 1 amide bonds. The number of hydrogen-bond donors (Lipinski definition) is 1. The van der Waals surface area contributed by atoms with Crippen molar-refractivity contribution in [3.05, 3.63) is 15.0 Å². The molecule has 1 saturated carbocycles. The molecule has 0 unspecified atom stereocenters. The molecule has 0 saturated heterocycles. The van der Waals surface area contributed by atoms with E-state index in [-0.39, 0.29) is 5.91 Å². The van der Waals surface area contributed by atoms with Gasteiger partial charge in [0, 0.05) is 12.1 Å². The van der Waals surface area contributed by atoms with E-state index in [1.54, 1.807) is 0 Å². The van der Waals surface area contributed by atoms with E-state index in [4.69, 9.17) is 0 Å². The van der Waals surface area contributed by atoms with Gasteiger partial charge >= 0.3 is 0 Å². The summed E-state index contributed by atoms with van der Waals surface area (Å²) in [7, 11) is 0. The predicted octanol–water partition coefficient (Wildman–Crippen LogP) is 3.06. The highest BCUT2D eigenvalue weighted by Gasteiger charge is 2.29. The largest absolute Gasteiger partial charge is 0.350 e. The van der Waals surface area contributed by atoms with Gasteiger partial charge in [0.2, 0.25) is 0 Å². The van der Waals surface area contributed by atoms with Crippen LogP contribution in [0, 0.1) is 3.70 Å². The maximum Gasteiger partial charge on any atom is 0.269 e. The average Bonchev–Trinajstić information content (AvgIpc) is 2.68. The molecule has 19 heavy (non-hydrogen) atoms. The van der Waals surface area contributed by atoms with Gasteiger partial charge in [-0.1, -0.05) is 32.1 Å². The Hall–Kier alpha value is -0.590. The molecule has 5 heteroatoms. The zero-order valence-corrected chi connectivity index (χ0v) is 13.3. The quantitative estimate of drug-likeness (QED) is 0.770. The minimum atomic E-state index is 0.0683. The first-order valence-electron chi connectivity index (χ1n) is 7.32. The molecule has 1 aliphatic carbocycles. The molecule has 104 valence electrons. The first kappa shape index (κ1) is 13.4. The Kier molecular flexibility index (Phi) is 4.10. The number of nitrogens with one attached hydrogen (secondary N) is 1. The van der Waals surface area contributed by atoms with Gasteiger partial charge in [0.05, 0.1) is 6.04 Å². The van der Waals surface area contributed by atoms with Crippen LogP contribution in [0.2, 0.25) is 0 Å². The van der Waals surface area contributed by atoms with E-state index < -0.39 is 0 Å². The van der Waals surface area contributed by atoms with E-state index in [0.717, 1.165) is 40.8 Å². The van der Waals surface area contributed by atoms with Crippen LogP contribution in [0.5, 0.6) is 0 Å². The first-order chi connectivity index (χ1) is 9.27. The molecule has 0 radical (unpaired) electrons. The highest BCUT2D eigenvalue weighted by Crippen LogP contribution is 2.30. The van der Waals surface area contributed by atoms with Gasteiger partial charge in [-0.15, -0.1) is 0 Å². The fourth-order valence-corrected chi connectivity index (χ4v) is 3.99. The smallest absolute Gasteiger partial charge is 0.269 e. The lowest BCUT2D eigenvalue weighted by atomic mass is 9.96. The van der Waals surface area contributed by atoms with Gasteiger partial charge in [-0.25, -0.2) is 0 Å². The van der Waals surface area contributed by atoms with Crippen molar-refractivity contribution < 1.29 is 4.79 Å². The van der Waals surface area contributed by atoms with Gasteiger partial charge < -0.3 is 5.32 Å². The van der Waals surface area contributed by atoms with Crippen LogP contribution in [-0.4, -0.2) is 22.2 Å². The maximum atomic E-state index is 12.1. The highest BCUT2D eigenvalue weighted by molar-refractivity contribution is 14.1. The van der Waals surface area contributed by atoms with Crippen molar-refractivity contribution in [3.63, 3.8) is 0 Å². The van der Waals surface area contributed by atoms with Gasteiger partial charge in [0.25, 0.3) is 5.91 Å². The van der Waals surface area contributed by atoms with Crippen molar-refractivity contribution in [2.75, 3.05) is 6.54 Å². The van der Waals surface area contributed by atoms with Crippen molar-refractivity contribution >= 4 is 28.5 Å². The average molecular weight is 373 g/mol. The number of rotatable bonds is 1.